The second kappa shape index (κ2) is 9.76. The van der Waals surface area contributed by atoms with Crippen LogP contribution >= 0.6 is 0 Å². The van der Waals surface area contributed by atoms with Crippen molar-refractivity contribution in [3.8, 4) is 0 Å². The lowest BCUT2D eigenvalue weighted by atomic mass is 10.1. The lowest BCUT2D eigenvalue weighted by molar-refractivity contribution is -0.385. The van der Waals surface area contributed by atoms with Gasteiger partial charge in [0.1, 0.15) is 0 Å². The molecule has 0 spiro atoms. The third-order valence-electron chi connectivity index (χ3n) is 3.54. The van der Waals surface area contributed by atoms with E-state index in [2.05, 4.69) is 0 Å². The number of nitrogens with two attached hydrogens (primary N) is 1. The van der Waals surface area contributed by atoms with Gasteiger partial charge in [0.2, 0.25) is 0 Å². The van der Waals surface area contributed by atoms with E-state index in [0.29, 0.717) is 24.2 Å². The highest BCUT2D eigenvalue weighted by Gasteiger charge is 2.33. The molecule has 0 saturated heterocycles. The average molecular weight is 439 g/mol. The van der Waals surface area contributed by atoms with Crippen molar-refractivity contribution < 1.29 is 36.4 Å². The first-order valence-corrected chi connectivity index (χ1v) is 8.21. The van der Waals surface area contributed by atoms with Crippen LogP contribution in [0.1, 0.15) is 22.3 Å². The van der Waals surface area contributed by atoms with Crippen molar-refractivity contribution in [3.05, 3.63) is 68.8 Å². The molecule has 2 aromatic rings. The van der Waals surface area contributed by atoms with Crippen LogP contribution in [0.5, 0.6) is 0 Å². The van der Waals surface area contributed by atoms with E-state index in [-0.39, 0.29) is 11.3 Å². The number of halogens is 6. The Labute approximate surface area is 167 Å². The van der Waals surface area contributed by atoms with E-state index >= 15 is 0 Å². The molecule has 166 valence electrons. The van der Waals surface area contributed by atoms with Gasteiger partial charge in [-0.2, -0.15) is 26.3 Å². The van der Waals surface area contributed by atoms with Crippen molar-refractivity contribution in [2.24, 2.45) is 0 Å². The molecular weight excluding hydrogens is 420 g/mol. The standard InChI is InChI=1S/C10H13F3N2.C8H6F3NO3/c1-15(2)6-7-3-8(10(11,12)13)5-9(14)4-7;9-8(10,11)6-1-5(4-13)2-7(3-6)12(14)15/h3-5H,6,14H2,1-2H3;1-3,13H,4H2. The van der Waals surface area contributed by atoms with Gasteiger partial charge in [-0.05, 0) is 49.5 Å². The second-order valence-corrected chi connectivity index (χ2v) is 6.50. The number of nitro groups is 1. The van der Waals surface area contributed by atoms with Gasteiger partial charge in [-0.1, -0.05) is 0 Å². The smallest absolute Gasteiger partial charge is 0.399 e. The summed E-state index contributed by atoms with van der Waals surface area (Å²) >= 11 is 0. The van der Waals surface area contributed by atoms with Gasteiger partial charge in [-0.3, -0.25) is 10.1 Å². The molecule has 0 unspecified atom stereocenters. The van der Waals surface area contributed by atoms with Gasteiger partial charge in [0.05, 0.1) is 22.7 Å². The second-order valence-electron chi connectivity index (χ2n) is 6.50. The Morgan fingerprint density at radius 1 is 0.933 bits per heavy atom. The minimum atomic E-state index is -4.66. The first-order valence-electron chi connectivity index (χ1n) is 8.21. The lowest BCUT2D eigenvalue weighted by Crippen LogP contribution is -2.13. The number of hydrogen-bond donors (Lipinski definition) is 2. The lowest BCUT2D eigenvalue weighted by Gasteiger charge is -2.13. The van der Waals surface area contributed by atoms with Gasteiger partial charge < -0.3 is 15.7 Å². The Morgan fingerprint density at radius 2 is 1.43 bits per heavy atom. The summed E-state index contributed by atoms with van der Waals surface area (Å²) in [6.45, 7) is -0.237. The number of hydrogen-bond acceptors (Lipinski definition) is 5. The number of nitrogens with zero attached hydrogens (tertiary/aromatic N) is 2. The molecule has 30 heavy (non-hydrogen) atoms. The van der Waals surface area contributed by atoms with Crippen LogP contribution < -0.4 is 5.73 Å². The van der Waals surface area contributed by atoms with Crippen molar-refractivity contribution >= 4 is 11.4 Å². The first-order chi connectivity index (χ1) is 13.6. The Balaban J connectivity index is 0.000000300. The molecule has 0 aliphatic carbocycles. The van der Waals surface area contributed by atoms with E-state index < -0.39 is 40.7 Å². The van der Waals surface area contributed by atoms with Crippen molar-refractivity contribution in [2.75, 3.05) is 19.8 Å². The Bertz CT molecular complexity index is 882. The number of aliphatic hydroxyl groups is 1. The minimum Gasteiger partial charge on any atom is -0.399 e. The highest BCUT2D eigenvalue weighted by atomic mass is 19.4. The number of benzene rings is 2. The van der Waals surface area contributed by atoms with Crippen LogP contribution in [0, 0.1) is 10.1 Å². The summed E-state index contributed by atoms with van der Waals surface area (Å²) < 4.78 is 74.0. The van der Waals surface area contributed by atoms with E-state index in [1.165, 1.54) is 0 Å². The van der Waals surface area contributed by atoms with E-state index in [4.69, 9.17) is 10.8 Å². The maximum atomic E-state index is 12.4. The van der Waals surface area contributed by atoms with Crippen LogP contribution in [0.25, 0.3) is 0 Å². The zero-order valence-corrected chi connectivity index (χ0v) is 15.9. The Morgan fingerprint density at radius 3 is 1.87 bits per heavy atom. The highest BCUT2D eigenvalue weighted by molar-refractivity contribution is 5.45. The number of alkyl halides is 6. The number of nitrogen functional groups attached to an aromatic ring is 1. The van der Waals surface area contributed by atoms with Crippen LogP contribution in [-0.2, 0) is 25.5 Å². The first kappa shape index (κ1) is 25.2. The molecular formula is C18H19F6N3O3. The van der Waals surface area contributed by atoms with Crippen molar-refractivity contribution in [2.45, 2.75) is 25.5 Å². The zero-order chi connectivity index (χ0) is 23.3. The predicted octanol–water partition coefficient (Wildman–Crippen LogP) is 4.46. The van der Waals surface area contributed by atoms with Gasteiger partial charge in [0.15, 0.2) is 0 Å². The van der Waals surface area contributed by atoms with Gasteiger partial charge >= 0.3 is 12.4 Å². The molecule has 0 heterocycles. The third kappa shape index (κ3) is 7.87. The van der Waals surface area contributed by atoms with E-state index in [1.54, 1.807) is 25.1 Å². The topological polar surface area (TPSA) is 92.6 Å². The summed E-state index contributed by atoms with van der Waals surface area (Å²) in [6.07, 6.45) is -8.99. The summed E-state index contributed by atoms with van der Waals surface area (Å²) in [7, 11) is 3.58. The predicted molar refractivity (Wildman–Crippen MR) is 97.3 cm³/mol. The molecule has 0 aliphatic heterocycles. The van der Waals surface area contributed by atoms with Crippen LogP contribution in [-0.4, -0.2) is 29.0 Å². The van der Waals surface area contributed by atoms with Gasteiger partial charge in [-0.25, -0.2) is 0 Å². The monoisotopic (exact) mass is 439 g/mol. The molecule has 0 atom stereocenters. The number of rotatable bonds is 4. The molecule has 0 saturated carbocycles. The van der Waals surface area contributed by atoms with Crippen molar-refractivity contribution in [3.63, 3.8) is 0 Å². The van der Waals surface area contributed by atoms with Gasteiger partial charge in [-0.15, -0.1) is 0 Å². The van der Waals surface area contributed by atoms with Crippen LogP contribution in [0.3, 0.4) is 0 Å². The number of nitro benzene ring substituents is 1. The molecule has 3 N–H and O–H groups in total. The van der Waals surface area contributed by atoms with Crippen LogP contribution in [0.4, 0.5) is 37.7 Å². The van der Waals surface area contributed by atoms with Crippen LogP contribution in [0.15, 0.2) is 36.4 Å². The van der Waals surface area contributed by atoms with E-state index in [0.717, 1.165) is 18.2 Å². The van der Waals surface area contributed by atoms with E-state index in [9.17, 15) is 36.5 Å². The van der Waals surface area contributed by atoms with Crippen LogP contribution in [0.2, 0.25) is 0 Å². The molecule has 12 heteroatoms. The van der Waals surface area contributed by atoms with Gasteiger partial charge in [0.25, 0.3) is 5.69 Å². The van der Waals surface area contributed by atoms with Gasteiger partial charge in [0, 0.05) is 24.4 Å². The summed E-state index contributed by atoms with van der Waals surface area (Å²) in [5.74, 6) is 0. The molecule has 2 rings (SSSR count). The Kier molecular flexibility index (Phi) is 8.19. The minimum absolute atomic E-state index is 0.140. The fourth-order valence-electron chi connectivity index (χ4n) is 2.37. The maximum Gasteiger partial charge on any atom is 0.416 e. The van der Waals surface area contributed by atoms with Crippen molar-refractivity contribution in [1.82, 2.24) is 4.90 Å². The highest BCUT2D eigenvalue weighted by Crippen LogP contribution is 2.33. The SMILES string of the molecule is CN(C)Cc1cc(N)cc(C(F)(F)F)c1.O=[N+]([O-])c1cc(CO)cc(C(F)(F)F)c1. The molecule has 0 bridgehead atoms. The molecule has 0 aliphatic rings. The maximum absolute atomic E-state index is 12.4. The molecule has 0 fully saturated rings. The molecule has 0 aromatic heterocycles. The number of non-ortho nitro benzene ring substituents is 1. The summed E-state index contributed by atoms with van der Waals surface area (Å²) in [5.41, 5.74) is 3.45. The number of anilines is 1. The fraction of sp³-hybridized carbons (Fsp3) is 0.333. The Hall–Kier alpha value is -2.86. The van der Waals surface area contributed by atoms with E-state index in [1.807, 2.05) is 0 Å². The fourth-order valence-corrected chi connectivity index (χ4v) is 2.37. The summed E-state index contributed by atoms with van der Waals surface area (Å²) in [4.78, 5) is 11.2. The van der Waals surface area contributed by atoms with Crippen molar-refractivity contribution in [1.29, 1.82) is 0 Å². The molecule has 0 radical (unpaired) electrons. The zero-order valence-electron chi connectivity index (χ0n) is 15.9. The average Bonchev–Trinajstić information content (AvgIpc) is 2.59. The quantitative estimate of drug-likeness (QED) is 0.318. The molecule has 2 aromatic carbocycles. The molecule has 0 amide bonds. The third-order valence-corrected chi connectivity index (χ3v) is 3.54. The summed E-state index contributed by atoms with van der Waals surface area (Å²) in [5, 5.41) is 18.9. The normalized spacial score (nSPS) is 11.8. The summed E-state index contributed by atoms with van der Waals surface area (Å²) in [6, 6.07) is 5.62. The number of aliphatic hydroxyl groups excluding tert-OH is 1. The largest absolute Gasteiger partial charge is 0.416 e. The molecule has 6 nitrogen and oxygen atoms in total.